The highest BCUT2D eigenvalue weighted by Crippen LogP contribution is 2.41. The minimum atomic E-state index is -0.345. The van der Waals surface area contributed by atoms with Gasteiger partial charge in [-0.1, -0.05) is 54.1 Å². The molecule has 1 aliphatic rings. The number of ketones is 1. The van der Waals surface area contributed by atoms with Crippen LogP contribution >= 0.6 is 23.4 Å². The van der Waals surface area contributed by atoms with Crippen molar-refractivity contribution in [1.29, 1.82) is 5.26 Å². The van der Waals surface area contributed by atoms with Gasteiger partial charge in [0.15, 0.2) is 5.78 Å². The van der Waals surface area contributed by atoms with Crippen molar-refractivity contribution in [1.82, 2.24) is 5.32 Å². The molecule has 2 aromatic rings. The van der Waals surface area contributed by atoms with Gasteiger partial charge in [0.1, 0.15) is 0 Å². The molecule has 0 spiro atoms. The Labute approximate surface area is 168 Å². The Morgan fingerprint density at radius 2 is 1.85 bits per heavy atom. The number of halogens is 1. The number of allylic oxidation sites excluding steroid dienone is 3. The van der Waals surface area contributed by atoms with Crippen LogP contribution in [-0.4, -0.2) is 5.78 Å². The van der Waals surface area contributed by atoms with Crippen molar-refractivity contribution in [2.45, 2.75) is 25.5 Å². The lowest BCUT2D eigenvalue weighted by Gasteiger charge is -2.29. The molecule has 0 aliphatic carbocycles. The summed E-state index contributed by atoms with van der Waals surface area (Å²) in [5.74, 6) is 0.334. The molecular formula is C22H19ClN2OS. The molecule has 0 radical (unpaired) electrons. The van der Waals surface area contributed by atoms with Crippen molar-refractivity contribution in [3.8, 4) is 6.07 Å². The molecule has 1 heterocycles. The van der Waals surface area contributed by atoms with E-state index in [1.165, 1.54) is 0 Å². The average Bonchev–Trinajstić information content (AvgIpc) is 2.67. The Balaban J connectivity index is 1.98. The van der Waals surface area contributed by atoms with Crippen LogP contribution in [0.2, 0.25) is 5.02 Å². The van der Waals surface area contributed by atoms with Gasteiger partial charge in [0.05, 0.1) is 22.6 Å². The van der Waals surface area contributed by atoms with E-state index in [1.807, 2.05) is 61.5 Å². The van der Waals surface area contributed by atoms with Crippen molar-refractivity contribution in [3.63, 3.8) is 0 Å². The molecule has 3 rings (SSSR count). The van der Waals surface area contributed by atoms with E-state index in [1.54, 1.807) is 18.7 Å². The highest BCUT2D eigenvalue weighted by atomic mass is 35.5. The molecule has 5 heteroatoms. The third-order valence-corrected chi connectivity index (χ3v) is 5.80. The maximum atomic E-state index is 12.3. The molecule has 1 aliphatic heterocycles. The van der Waals surface area contributed by atoms with Gasteiger partial charge < -0.3 is 5.32 Å². The Hall–Kier alpha value is -2.48. The summed E-state index contributed by atoms with van der Waals surface area (Å²) in [7, 11) is 0. The minimum absolute atomic E-state index is 0.0247. The van der Waals surface area contributed by atoms with Crippen molar-refractivity contribution < 1.29 is 4.79 Å². The fourth-order valence-electron chi connectivity index (χ4n) is 3.21. The maximum absolute atomic E-state index is 12.3. The summed E-state index contributed by atoms with van der Waals surface area (Å²) in [4.78, 5) is 12.3. The van der Waals surface area contributed by atoms with Crippen LogP contribution in [0.25, 0.3) is 0 Å². The van der Waals surface area contributed by atoms with Crippen LogP contribution in [0.1, 0.15) is 30.9 Å². The predicted octanol–water partition coefficient (Wildman–Crippen LogP) is 5.56. The smallest absolute Gasteiger partial charge is 0.158 e. The Morgan fingerprint density at radius 1 is 1.19 bits per heavy atom. The van der Waals surface area contributed by atoms with E-state index in [9.17, 15) is 10.1 Å². The van der Waals surface area contributed by atoms with Crippen molar-refractivity contribution in [2.24, 2.45) is 0 Å². The number of hydrogen-bond acceptors (Lipinski definition) is 4. The van der Waals surface area contributed by atoms with Gasteiger partial charge >= 0.3 is 0 Å². The third kappa shape index (κ3) is 4.27. The van der Waals surface area contributed by atoms with Crippen LogP contribution in [0.5, 0.6) is 0 Å². The first-order valence-electron chi connectivity index (χ1n) is 8.56. The Bertz CT molecular complexity index is 956. The molecule has 1 unspecified atom stereocenters. The monoisotopic (exact) mass is 394 g/mol. The summed E-state index contributed by atoms with van der Waals surface area (Å²) >= 11 is 7.51. The molecule has 136 valence electrons. The average molecular weight is 395 g/mol. The second kappa shape index (κ2) is 8.47. The molecule has 0 amide bonds. The van der Waals surface area contributed by atoms with Gasteiger partial charge in [0, 0.05) is 22.0 Å². The first kappa shape index (κ1) is 19.3. The van der Waals surface area contributed by atoms with Crippen LogP contribution in [0.15, 0.2) is 76.5 Å². The zero-order valence-corrected chi connectivity index (χ0v) is 16.7. The van der Waals surface area contributed by atoms with Gasteiger partial charge in [-0.3, -0.25) is 4.79 Å². The number of nitriles is 1. The molecule has 27 heavy (non-hydrogen) atoms. The van der Waals surface area contributed by atoms with Gasteiger partial charge in [-0.25, -0.2) is 0 Å². The van der Waals surface area contributed by atoms with Crippen LogP contribution in [0.3, 0.4) is 0 Å². The molecule has 0 saturated heterocycles. The first-order chi connectivity index (χ1) is 13.0. The SMILES string of the molecule is CC(=O)C1=C(C)NC(SCc2ccc(Cl)cc2)=C(C#N)C1c1ccccc1. The molecule has 0 saturated carbocycles. The topological polar surface area (TPSA) is 52.9 Å². The summed E-state index contributed by atoms with van der Waals surface area (Å²) in [6.45, 7) is 3.45. The highest BCUT2D eigenvalue weighted by molar-refractivity contribution is 8.02. The zero-order valence-electron chi connectivity index (χ0n) is 15.1. The Morgan fingerprint density at radius 3 is 2.44 bits per heavy atom. The molecule has 0 aromatic heterocycles. The standard InChI is InChI=1S/C22H19ClN2OS/c1-14-20(15(2)26)21(17-6-4-3-5-7-17)19(12-24)22(25-14)27-13-16-8-10-18(23)11-9-16/h3-11,21,25H,13H2,1-2H3. The van der Waals surface area contributed by atoms with Crippen LogP contribution in [0.4, 0.5) is 0 Å². The lowest BCUT2D eigenvalue weighted by atomic mass is 9.81. The van der Waals surface area contributed by atoms with E-state index in [-0.39, 0.29) is 11.7 Å². The van der Waals surface area contributed by atoms with E-state index in [0.29, 0.717) is 21.9 Å². The van der Waals surface area contributed by atoms with Crippen molar-refractivity contribution in [3.05, 3.63) is 92.6 Å². The number of benzene rings is 2. The van der Waals surface area contributed by atoms with E-state index in [2.05, 4.69) is 11.4 Å². The normalized spacial score (nSPS) is 16.7. The maximum Gasteiger partial charge on any atom is 0.158 e. The largest absolute Gasteiger partial charge is 0.353 e. The molecule has 0 bridgehead atoms. The molecular weight excluding hydrogens is 376 g/mol. The minimum Gasteiger partial charge on any atom is -0.353 e. The van der Waals surface area contributed by atoms with E-state index >= 15 is 0 Å². The number of nitrogens with one attached hydrogen (secondary N) is 1. The van der Waals surface area contributed by atoms with Gasteiger partial charge in [0.25, 0.3) is 0 Å². The van der Waals surface area contributed by atoms with Gasteiger partial charge in [-0.15, -0.1) is 11.8 Å². The van der Waals surface area contributed by atoms with E-state index < -0.39 is 0 Å². The van der Waals surface area contributed by atoms with Crippen molar-refractivity contribution >= 4 is 29.1 Å². The fourth-order valence-corrected chi connectivity index (χ4v) is 4.38. The number of nitrogens with zero attached hydrogens (tertiary/aromatic N) is 1. The number of thioether (sulfide) groups is 1. The summed E-state index contributed by atoms with van der Waals surface area (Å²) in [5.41, 5.74) is 4.09. The second-order valence-electron chi connectivity index (χ2n) is 6.33. The number of hydrogen-bond donors (Lipinski definition) is 1. The van der Waals surface area contributed by atoms with Gasteiger partial charge in [-0.05, 0) is 37.1 Å². The number of carbonyl (C=O) groups is 1. The Kier molecular flexibility index (Phi) is 6.05. The number of carbonyl (C=O) groups excluding carboxylic acids is 1. The van der Waals surface area contributed by atoms with E-state index in [4.69, 9.17) is 11.6 Å². The van der Waals surface area contributed by atoms with Crippen LogP contribution in [0, 0.1) is 11.3 Å². The number of dihydropyridines is 1. The lowest BCUT2D eigenvalue weighted by molar-refractivity contribution is -0.113. The van der Waals surface area contributed by atoms with Crippen molar-refractivity contribution in [2.75, 3.05) is 0 Å². The van der Waals surface area contributed by atoms with Gasteiger partial charge in [0.2, 0.25) is 0 Å². The summed E-state index contributed by atoms with van der Waals surface area (Å²) in [6, 6.07) is 19.7. The quantitative estimate of drug-likeness (QED) is 0.721. The second-order valence-corrected chi connectivity index (χ2v) is 7.76. The third-order valence-electron chi connectivity index (χ3n) is 4.46. The molecule has 0 fully saturated rings. The molecule has 1 atom stereocenters. The summed E-state index contributed by atoms with van der Waals surface area (Å²) < 4.78 is 0. The van der Waals surface area contributed by atoms with Crippen LogP contribution in [-0.2, 0) is 10.5 Å². The molecule has 2 aromatic carbocycles. The predicted molar refractivity (Wildman–Crippen MR) is 111 cm³/mol. The van der Waals surface area contributed by atoms with Gasteiger partial charge in [-0.2, -0.15) is 5.26 Å². The molecule has 1 N–H and O–H groups in total. The summed E-state index contributed by atoms with van der Waals surface area (Å²) in [5, 5.41) is 14.7. The number of rotatable bonds is 5. The number of Topliss-reactive ketones (excluding diaryl/α,β-unsaturated/α-hetero) is 1. The van der Waals surface area contributed by atoms with Crippen LogP contribution < -0.4 is 5.32 Å². The fraction of sp³-hybridized carbons (Fsp3) is 0.182. The van der Waals surface area contributed by atoms with E-state index in [0.717, 1.165) is 21.9 Å². The summed E-state index contributed by atoms with van der Waals surface area (Å²) in [6.07, 6.45) is 0. The lowest BCUT2D eigenvalue weighted by Crippen LogP contribution is -2.27. The molecule has 3 nitrogen and oxygen atoms in total. The zero-order chi connectivity index (χ0) is 19.4. The first-order valence-corrected chi connectivity index (χ1v) is 9.92. The highest BCUT2D eigenvalue weighted by Gasteiger charge is 2.32.